The molecule has 2 heterocycles. The van der Waals surface area contributed by atoms with Gasteiger partial charge in [-0.2, -0.15) is 0 Å². The van der Waals surface area contributed by atoms with Gasteiger partial charge in [-0.05, 0) is 46.5 Å². The lowest BCUT2D eigenvalue weighted by molar-refractivity contribution is -0.119. The predicted molar refractivity (Wildman–Crippen MR) is 88.9 cm³/mol. The summed E-state index contributed by atoms with van der Waals surface area (Å²) in [6.45, 7) is 5.84. The lowest BCUT2D eigenvalue weighted by atomic mass is 9.97. The molecule has 2 aromatic heterocycles. The van der Waals surface area contributed by atoms with Gasteiger partial charge in [0, 0.05) is 16.8 Å². The summed E-state index contributed by atoms with van der Waals surface area (Å²) in [7, 11) is 0. The average Bonchev–Trinajstić information content (AvgIpc) is 2.87. The Kier molecular flexibility index (Phi) is 4.18. The number of rotatable bonds is 3. The van der Waals surface area contributed by atoms with Gasteiger partial charge in [0.05, 0.1) is 5.75 Å². The first kappa shape index (κ1) is 16.0. The molecule has 0 atom stereocenters. The van der Waals surface area contributed by atoms with Crippen molar-refractivity contribution >= 4 is 23.4 Å². The molecule has 1 aliphatic rings. The van der Waals surface area contributed by atoms with E-state index >= 15 is 0 Å². The van der Waals surface area contributed by atoms with Gasteiger partial charge in [-0.3, -0.25) is 19.0 Å². The molecular weight excluding hydrogens is 314 g/mol. The minimum Gasteiger partial charge on any atom is -0.351 e. The summed E-state index contributed by atoms with van der Waals surface area (Å²) in [5.74, 6) is 0.679. The first-order chi connectivity index (χ1) is 10.8. The van der Waals surface area contributed by atoms with Crippen LogP contribution in [0.1, 0.15) is 44.9 Å². The molecule has 3 rings (SSSR count). The van der Waals surface area contributed by atoms with Crippen LogP contribution in [0.5, 0.6) is 0 Å². The Morgan fingerprint density at radius 1 is 1.30 bits per heavy atom. The number of hydrogen-bond donors (Lipinski definition) is 2. The van der Waals surface area contributed by atoms with Gasteiger partial charge in [0.15, 0.2) is 5.16 Å². The minimum atomic E-state index is -0.255. The standard InChI is InChI=1S/C15H21N5O2S/c1-15(2,3)17-11(21)8-23-14-19-18-13-16-12(22)9-6-4-5-7-10(9)20(13)14/h4-8H2,1-3H3,(H,17,21)(H,16,18,22). The van der Waals surface area contributed by atoms with Crippen LogP contribution in [0.25, 0.3) is 5.78 Å². The molecule has 23 heavy (non-hydrogen) atoms. The van der Waals surface area contributed by atoms with Crippen LogP contribution in [-0.4, -0.2) is 36.8 Å². The normalized spacial score (nSPS) is 14.7. The number of aryl methyl sites for hydroxylation is 1. The van der Waals surface area contributed by atoms with Crippen molar-refractivity contribution in [2.24, 2.45) is 0 Å². The van der Waals surface area contributed by atoms with Crippen molar-refractivity contribution in [3.63, 3.8) is 0 Å². The molecular formula is C15H21N5O2S. The van der Waals surface area contributed by atoms with Crippen LogP contribution in [0.4, 0.5) is 0 Å². The quantitative estimate of drug-likeness (QED) is 0.825. The first-order valence-electron chi connectivity index (χ1n) is 7.78. The second kappa shape index (κ2) is 5.99. The Labute approximate surface area is 138 Å². The fourth-order valence-corrected chi connectivity index (χ4v) is 3.59. The Morgan fingerprint density at radius 3 is 2.78 bits per heavy atom. The molecule has 0 radical (unpaired) electrons. The summed E-state index contributed by atoms with van der Waals surface area (Å²) < 4.78 is 1.89. The highest BCUT2D eigenvalue weighted by molar-refractivity contribution is 7.99. The minimum absolute atomic E-state index is 0.0439. The van der Waals surface area contributed by atoms with Gasteiger partial charge in [0.25, 0.3) is 5.56 Å². The number of aromatic nitrogens is 4. The van der Waals surface area contributed by atoms with Crippen molar-refractivity contribution in [1.82, 2.24) is 24.9 Å². The lowest BCUT2D eigenvalue weighted by Gasteiger charge is -2.20. The smallest absolute Gasteiger partial charge is 0.255 e. The zero-order chi connectivity index (χ0) is 16.6. The number of hydrogen-bond acceptors (Lipinski definition) is 5. The third-order valence-electron chi connectivity index (χ3n) is 3.69. The van der Waals surface area contributed by atoms with Crippen LogP contribution in [0.2, 0.25) is 0 Å². The average molecular weight is 335 g/mol. The molecule has 0 saturated carbocycles. The molecule has 2 aromatic rings. The van der Waals surface area contributed by atoms with E-state index in [0.717, 1.165) is 36.9 Å². The van der Waals surface area contributed by atoms with Crippen LogP contribution in [0, 0.1) is 0 Å². The molecule has 1 amide bonds. The van der Waals surface area contributed by atoms with E-state index in [-0.39, 0.29) is 22.8 Å². The predicted octanol–water partition coefficient (Wildman–Crippen LogP) is 1.30. The number of carbonyl (C=O) groups is 1. The molecule has 7 nitrogen and oxygen atoms in total. The number of amides is 1. The molecule has 0 spiro atoms. The lowest BCUT2D eigenvalue weighted by Crippen LogP contribution is -2.41. The molecule has 8 heteroatoms. The van der Waals surface area contributed by atoms with Crippen molar-refractivity contribution in [3.8, 4) is 0 Å². The van der Waals surface area contributed by atoms with Crippen LogP contribution in [-0.2, 0) is 17.6 Å². The van der Waals surface area contributed by atoms with Crippen LogP contribution in [0.3, 0.4) is 0 Å². The maximum Gasteiger partial charge on any atom is 0.255 e. The van der Waals surface area contributed by atoms with E-state index in [1.807, 2.05) is 25.2 Å². The van der Waals surface area contributed by atoms with E-state index in [1.165, 1.54) is 11.8 Å². The SMILES string of the molecule is CC(C)(C)NC(=O)CSc1nnc2[nH]c(=O)c3c(n12)CCCC3. The van der Waals surface area contributed by atoms with Crippen molar-refractivity contribution in [1.29, 1.82) is 0 Å². The third kappa shape index (κ3) is 3.41. The second-order valence-electron chi connectivity index (χ2n) is 6.81. The van der Waals surface area contributed by atoms with Gasteiger partial charge in [0.2, 0.25) is 11.7 Å². The van der Waals surface area contributed by atoms with Crippen LogP contribution < -0.4 is 10.9 Å². The molecule has 0 unspecified atom stereocenters. The molecule has 1 aliphatic carbocycles. The number of nitrogens with one attached hydrogen (secondary N) is 2. The fraction of sp³-hybridized carbons (Fsp3) is 0.600. The van der Waals surface area contributed by atoms with Crippen LogP contribution >= 0.6 is 11.8 Å². The number of H-pyrrole nitrogens is 1. The zero-order valence-electron chi connectivity index (χ0n) is 13.6. The van der Waals surface area contributed by atoms with E-state index in [1.54, 1.807) is 0 Å². The Hall–Kier alpha value is -1.83. The highest BCUT2D eigenvalue weighted by Crippen LogP contribution is 2.23. The van der Waals surface area contributed by atoms with E-state index in [2.05, 4.69) is 20.5 Å². The molecule has 0 aliphatic heterocycles. The van der Waals surface area contributed by atoms with Crippen molar-refractivity contribution < 1.29 is 4.79 Å². The molecule has 2 N–H and O–H groups in total. The van der Waals surface area contributed by atoms with Gasteiger partial charge in [-0.1, -0.05) is 11.8 Å². The Morgan fingerprint density at radius 2 is 2.04 bits per heavy atom. The number of aromatic amines is 1. The van der Waals surface area contributed by atoms with Gasteiger partial charge >= 0.3 is 0 Å². The summed E-state index contributed by atoms with van der Waals surface area (Å²) in [5.41, 5.74) is 1.49. The van der Waals surface area contributed by atoms with Gasteiger partial charge in [0.1, 0.15) is 0 Å². The second-order valence-corrected chi connectivity index (χ2v) is 7.76. The molecule has 124 valence electrons. The largest absolute Gasteiger partial charge is 0.351 e. The Balaban J connectivity index is 1.88. The summed E-state index contributed by atoms with van der Waals surface area (Å²) in [6, 6.07) is 0. The summed E-state index contributed by atoms with van der Waals surface area (Å²) >= 11 is 1.34. The Bertz CT molecular complexity index is 803. The number of nitrogens with zero attached hydrogens (tertiary/aromatic N) is 3. The highest BCUT2D eigenvalue weighted by atomic mass is 32.2. The topological polar surface area (TPSA) is 92.2 Å². The summed E-state index contributed by atoms with van der Waals surface area (Å²) in [4.78, 5) is 26.9. The molecule has 0 fully saturated rings. The third-order valence-corrected chi connectivity index (χ3v) is 4.62. The van der Waals surface area contributed by atoms with E-state index in [0.29, 0.717) is 10.9 Å². The summed E-state index contributed by atoms with van der Waals surface area (Å²) in [6.07, 6.45) is 3.71. The van der Waals surface area contributed by atoms with E-state index < -0.39 is 0 Å². The number of fused-ring (bicyclic) bond motifs is 3. The molecule has 0 bridgehead atoms. The number of thioether (sulfide) groups is 1. The highest BCUT2D eigenvalue weighted by Gasteiger charge is 2.21. The van der Waals surface area contributed by atoms with Gasteiger partial charge in [-0.25, -0.2) is 0 Å². The molecule has 0 saturated heterocycles. The van der Waals surface area contributed by atoms with Gasteiger partial charge < -0.3 is 5.32 Å². The van der Waals surface area contributed by atoms with E-state index in [9.17, 15) is 9.59 Å². The maximum absolute atomic E-state index is 12.1. The molecule has 0 aromatic carbocycles. The van der Waals surface area contributed by atoms with Gasteiger partial charge in [-0.15, -0.1) is 10.2 Å². The zero-order valence-corrected chi connectivity index (χ0v) is 14.4. The van der Waals surface area contributed by atoms with Crippen molar-refractivity contribution in [2.75, 3.05) is 5.75 Å². The fourth-order valence-electron chi connectivity index (χ4n) is 2.83. The van der Waals surface area contributed by atoms with E-state index in [4.69, 9.17) is 0 Å². The van der Waals surface area contributed by atoms with Crippen LogP contribution in [0.15, 0.2) is 9.95 Å². The first-order valence-corrected chi connectivity index (χ1v) is 8.77. The van der Waals surface area contributed by atoms with Crippen molar-refractivity contribution in [2.45, 2.75) is 57.1 Å². The monoisotopic (exact) mass is 335 g/mol. The maximum atomic E-state index is 12.1. The number of carbonyl (C=O) groups excluding carboxylic acids is 1. The summed E-state index contributed by atoms with van der Waals surface area (Å²) in [5, 5.41) is 11.8. The van der Waals surface area contributed by atoms with Crippen molar-refractivity contribution in [3.05, 3.63) is 21.6 Å².